The maximum Gasteiger partial charge on any atom is 0.0242 e. The average Bonchev–Trinajstić information content (AvgIpc) is 1.97. The summed E-state index contributed by atoms with van der Waals surface area (Å²) in [5, 5.41) is 3.89. The first-order valence-electron chi connectivity index (χ1n) is 4.10. The highest BCUT2D eigenvalue weighted by atomic mass is 15.3. The minimum atomic E-state index is 1.11. The zero-order valence-electron chi connectivity index (χ0n) is 7.06. The summed E-state index contributed by atoms with van der Waals surface area (Å²) in [5.74, 6) is 0. The zero-order chi connectivity index (χ0) is 7.66. The van der Waals surface area contributed by atoms with Crippen molar-refractivity contribution in [1.29, 1.82) is 0 Å². The van der Waals surface area contributed by atoms with Crippen molar-refractivity contribution in [3.63, 3.8) is 0 Å². The molecule has 0 rings (SSSR count). The Morgan fingerprint density at radius 3 is 2.70 bits per heavy atom. The van der Waals surface area contributed by atoms with Crippen molar-refractivity contribution in [1.82, 2.24) is 5.43 Å². The summed E-state index contributed by atoms with van der Waals surface area (Å²) in [6.45, 7) is 2.22. The van der Waals surface area contributed by atoms with E-state index in [0.29, 0.717) is 0 Å². The lowest BCUT2D eigenvalue weighted by molar-refractivity contribution is 0.684. The molecule has 0 aromatic heterocycles. The van der Waals surface area contributed by atoms with Crippen LogP contribution in [0.5, 0.6) is 0 Å². The summed E-state index contributed by atoms with van der Waals surface area (Å²) < 4.78 is 0. The van der Waals surface area contributed by atoms with E-state index in [1.165, 1.54) is 25.7 Å². The Bertz CT molecular complexity index is 79.3. The fraction of sp³-hybridized carbons (Fsp3) is 0.875. The standard InChI is InChI=1S/C8H18N2/c1-3-4-5-6-7-8-10-9-2/h8-9H,3-7H2,1-2H3. The van der Waals surface area contributed by atoms with Crippen molar-refractivity contribution in [3.05, 3.63) is 0 Å². The molecule has 0 aliphatic carbocycles. The second kappa shape index (κ2) is 8.47. The SMILES string of the molecule is CCCCCCC=NNC. The third kappa shape index (κ3) is 7.47. The van der Waals surface area contributed by atoms with E-state index in [1.54, 1.807) is 0 Å². The number of hydrazone groups is 1. The van der Waals surface area contributed by atoms with E-state index < -0.39 is 0 Å². The normalized spacial score (nSPS) is 10.6. The maximum absolute atomic E-state index is 3.89. The highest BCUT2D eigenvalue weighted by Crippen LogP contribution is 1.99. The van der Waals surface area contributed by atoms with Crippen LogP contribution in [-0.2, 0) is 0 Å². The Labute approximate surface area is 63.7 Å². The van der Waals surface area contributed by atoms with Gasteiger partial charge in [-0.15, -0.1) is 0 Å². The van der Waals surface area contributed by atoms with Crippen molar-refractivity contribution in [3.8, 4) is 0 Å². The summed E-state index contributed by atoms with van der Waals surface area (Å²) in [5.41, 5.74) is 2.73. The molecule has 0 spiro atoms. The van der Waals surface area contributed by atoms with E-state index in [-0.39, 0.29) is 0 Å². The summed E-state index contributed by atoms with van der Waals surface area (Å²) in [7, 11) is 1.82. The molecule has 0 amide bonds. The molecule has 1 N–H and O–H groups in total. The van der Waals surface area contributed by atoms with Crippen LogP contribution in [0.4, 0.5) is 0 Å². The molecule has 0 bridgehead atoms. The van der Waals surface area contributed by atoms with Crippen LogP contribution in [-0.4, -0.2) is 13.3 Å². The second-order valence-corrected chi connectivity index (χ2v) is 2.38. The first-order valence-corrected chi connectivity index (χ1v) is 4.10. The number of hydrogen-bond donors (Lipinski definition) is 1. The van der Waals surface area contributed by atoms with Gasteiger partial charge in [-0.2, -0.15) is 5.10 Å². The van der Waals surface area contributed by atoms with Crippen LogP contribution in [0.25, 0.3) is 0 Å². The molecule has 2 nitrogen and oxygen atoms in total. The molecule has 0 aliphatic heterocycles. The third-order valence-corrected chi connectivity index (χ3v) is 1.41. The molecule has 0 radical (unpaired) electrons. The van der Waals surface area contributed by atoms with Gasteiger partial charge in [0.15, 0.2) is 0 Å². The van der Waals surface area contributed by atoms with Crippen LogP contribution in [0.3, 0.4) is 0 Å². The second-order valence-electron chi connectivity index (χ2n) is 2.38. The van der Waals surface area contributed by atoms with Gasteiger partial charge in [0.05, 0.1) is 0 Å². The smallest absolute Gasteiger partial charge is 0.0242 e. The van der Waals surface area contributed by atoms with Gasteiger partial charge in [-0.25, -0.2) is 0 Å². The van der Waals surface area contributed by atoms with Crippen LogP contribution < -0.4 is 5.43 Å². The molecule has 0 saturated carbocycles. The first-order chi connectivity index (χ1) is 4.91. The van der Waals surface area contributed by atoms with E-state index in [9.17, 15) is 0 Å². The van der Waals surface area contributed by atoms with E-state index in [4.69, 9.17) is 0 Å². The van der Waals surface area contributed by atoms with Gasteiger partial charge in [-0.1, -0.05) is 26.2 Å². The fourth-order valence-corrected chi connectivity index (χ4v) is 0.818. The average molecular weight is 142 g/mol. The van der Waals surface area contributed by atoms with Crippen LogP contribution >= 0.6 is 0 Å². The molecule has 0 heterocycles. The summed E-state index contributed by atoms with van der Waals surface area (Å²) in [6, 6.07) is 0. The molecule has 2 heteroatoms. The topological polar surface area (TPSA) is 24.4 Å². The van der Waals surface area contributed by atoms with E-state index in [0.717, 1.165) is 6.42 Å². The van der Waals surface area contributed by atoms with E-state index in [2.05, 4.69) is 17.5 Å². The van der Waals surface area contributed by atoms with Gasteiger partial charge in [-0.3, -0.25) is 0 Å². The Morgan fingerprint density at radius 2 is 2.10 bits per heavy atom. The highest BCUT2D eigenvalue weighted by molar-refractivity contribution is 5.56. The first kappa shape index (κ1) is 9.47. The van der Waals surface area contributed by atoms with Crippen molar-refractivity contribution in [2.45, 2.75) is 39.0 Å². The Balaban J connectivity index is 2.83. The molecular weight excluding hydrogens is 124 g/mol. The largest absolute Gasteiger partial charge is 0.313 e. The predicted molar refractivity (Wildman–Crippen MR) is 46.3 cm³/mol. The van der Waals surface area contributed by atoms with Crippen LogP contribution in [0.2, 0.25) is 0 Å². The van der Waals surface area contributed by atoms with Gasteiger partial charge < -0.3 is 5.43 Å². The van der Waals surface area contributed by atoms with Crippen LogP contribution in [0, 0.1) is 0 Å². The molecule has 0 unspecified atom stereocenters. The molecule has 0 saturated heterocycles. The molecule has 60 valence electrons. The Hall–Kier alpha value is -0.530. The molecule has 0 fully saturated rings. The summed E-state index contributed by atoms with van der Waals surface area (Å²) in [6.07, 6.45) is 8.33. The van der Waals surface area contributed by atoms with Gasteiger partial charge >= 0.3 is 0 Å². The number of hydrogen-bond acceptors (Lipinski definition) is 2. The van der Waals surface area contributed by atoms with Gasteiger partial charge in [0.2, 0.25) is 0 Å². The Kier molecular flexibility index (Phi) is 8.02. The minimum absolute atomic E-state index is 1.11. The number of nitrogens with zero attached hydrogens (tertiary/aromatic N) is 1. The van der Waals surface area contributed by atoms with Crippen LogP contribution in [0.1, 0.15) is 39.0 Å². The minimum Gasteiger partial charge on any atom is -0.313 e. The van der Waals surface area contributed by atoms with Crippen LogP contribution in [0.15, 0.2) is 5.10 Å². The summed E-state index contributed by atoms with van der Waals surface area (Å²) in [4.78, 5) is 0. The number of nitrogens with one attached hydrogen (secondary N) is 1. The zero-order valence-corrected chi connectivity index (χ0v) is 7.06. The molecule has 10 heavy (non-hydrogen) atoms. The lowest BCUT2D eigenvalue weighted by Crippen LogP contribution is -1.93. The van der Waals surface area contributed by atoms with Gasteiger partial charge in [-0.05, 0) is 12.8 Å². The van der Waals surface area contributed by atoms with Crippen molar-refractivity contribution >= 4 is 6.21 Å². The monoisotopic (exact) mass is 142 g/mol. The number of rotatable bonds is 6. The van der Waals surface area contributed by atoms with Crippen molar-refractivity contribution < 1.29 is 0 Å². The molecule has 0 aromatic carbocycles. The Morgan fingerprint density at radius 1 is 1.30 bits per heavy atom. The maximum atomic E-state index is 3.89. The van der Waals surface area contributed by atoms with E-state index in [1.807, 2.05) is 13.3 Å². The van der Waals surface area contributed by atoms with Gasteiger partial charge in [0.1, 0.15) is 0 Å². The van der Waals surface area contributed by atoms with E-state index >= 15 is 0 Å². The highest BCUT2D eigenvalue weighted by Gasteiger charge is 1.83. The quantitative estimate of drug-likeness (QED) is 0.343. The third-order valence-electron chi connectivity index (χ3n) is 1.41. The fourth-order valence-electron chi connectivity index (χ4n) is 0.818. The molecular formula is C8H18N2. The lowest BCUT2D eigenvalue weighted by atomic mass is 10.2. The molecule has 0 aliphatic rings. The van der Waals surface area contributed by atoms with Crippen molar-refractivity contribution in [2.24, 2.45) is 5.10 Å². The van der Waals surface area contributed by atoms with Gasteiger partial charge in [0, 0.05) is 13.3 Å². The molecule has 0 aromatic rings. The predicted octanol–water partition coefficient (Wildman–Crippen LogP) is 2.16. The van der Waals surface area contributed by atoms with Crippen molar-refractivity contribution in [2.75, 3.05) is 7.05 Å². The summed E-state index contributed by atoms with van der Waals surface area (Å²) >= 11 is 0. The molecule has 0 atom stereocenters. The lowest BCUT2D eigenvalue weighted by Gasteiger charge is -1.92. The van der Waals surface area contributed by atoms with Gasteiger partial charge in [0.25, 0.3) is 0 Å². The number of unbranched alkanes of at least 4 members (excludes halogenated alkanes) is 4.